The van der Waals surface area contributed by atoms with E-state index in [4.69, 9.17) is 9.15 Å². The van der Waals surface area contributed by atoms with E-state index in [0.717, 1.165) is 5.56 Å². The highest BCUT2D eigenvalue weighted by atomic mass is 16.5. The average molecular weight is 356 g/mol. The molecule has 3 aromatic carbocycles. The van der Waals surface area contributed by atoms with Crippen LogP contribution in [-0.4, -0.2) is 5.97 Å². The summed E-state index contributed by atoms with van der Waals surface area (Å²) in [6, 6.07) is 23.1. The Morgan fingerprint density at radius 3 is 2.41 bits per heavy atom. The van der Waals surface area contributed by atoms with Crippen molar-refractivity contribution in [3.63, 3.8) is 0 Å². The summed E-state index contributed by atoms with van der Waals surface area (Å²) in [5.41, 5.74) is 2.03. The lowest BCUT2D eigenvalue weighted by Crippen LogP contribution is -2.16. The molecule has 4 rings (SSSR count). The quantitative estimate of drug-likeness (QED) is 0.485. The molecule has 1 aromatic heterocycles. The summed E-state index contributed by atoms with van der Waals surface area (Å²) in [4.78, 5) is 25.7. The fourth-order valence-electron chi connectivity index (χ4n) is 2.92. The van der Waals surface area contributed by atoms with Gasteiger partial charge in [-0.05, 0) is 31.2 Å². The number of aryl methyl sites for hydroxylation is 1. The summed E-state index contributed by atoms with van der Waals surface area (Å²) in [6.45, 7) is 1.89. The fraction of sp³-hybridized carbons (Fsp3) is 0.0435. The second-order valence-corrected chi connectivity index (χ2v) is 6.21. The highest BCUT2D eigenvalue weighted by Crippen LogP contribution is 2.31. The van der Waals surface area contributed by atoms with Crippen molar-refractivity contribution in [2.75, 3.05) is 0 Å². The van der Waals surface area contributed by atoms with Crippen molar-refractivity contribution in [1.82, 2.24) is 0 Å². The van der Waals surface area contributed by atoms with Crippen LogP contribution >= 0.6 is 0 Å². The first kappa shape index (κ1) is 16.8. The molecule has 0 unspecified atom stereocenters. The SMILES string of the molecule is Cc1cccc(C(=O)Oc2c(-c3ccccc3)oc3ccccc3c2=O)c1. The highest BCUT2D eigenvalue weighted by molar-refractivity contribution is 5.93. The second kappa shape index (κ2) is 6.92. The van der Waals surface area contributed by atoms with E-state index in [9.17, 15) is 9.59 Å². The Hall–Kier alpha value is -3.66. The molecule has 0 saturated carbocycles. The van der Waals surface area contributed by atoms with Gasteiger partial charge in [-0.15, -0.1) is 0 Å². The summed E-state index contributed by atoms with van der Waals surface area (Å²) in [5, 5.41) is 0.365. The summed E-state index contributed by atoms with van der Waals surface area (Å²) < 4.78 is 11.5. The Morgan fingerprint density at radius 2 is 1.63 bits per heavy atom. The number of benzene rings is 3. The number of hydrogen-bond acceptors (Lipinski definition) is 4. The van der Waals surface area contributed by atoms with Crippen LogP contribution in [0.5, 0.6) is 5.75 Å². The first-order valence-electron chi connectivity index (χ1n) is 8.53. The van der Waals surface area contributed by atoms with Crippen LogP contribution < -0.4 is 10.2 Å². The fourth-order valence-corrected chi connectivity index (χ4v) is 2.92. The molecule has 0 saturated heterocycles. The first-order valence-corrected chi connectivity index (χ1v) is 8.53. The summed E-state index contributed by atoms with van der Waals surface area (Å²) in [5.74, 6) is -0.467. The van der Waals surface area contributed by atoms with E-state index in [1.807, 2.05) is 31.2 Å². The lowest BCUT2D eigenvalue weighted by Gasteiger charge is -2.10. The molecule has 1 heterocycles. The lowest BCUT2D eigenvalue weighted by atomic mass is 10.1. The molecule has 0 N–H and O–H groups in total. The number of para-hydroxylation sites is 1. The Balaban J connectivity index is 1.89. The van der Waals surface area contributed by atoms with Crippen LogP contribution in [0.1, 0.15) is 15.9 Å². The van der Waals surface area contributed by atoms with E-state index in [1.165, 1.54) is 0 Å². The molecule has 0 aliphatic rings. The van der Waals surface area contributed by atoms with Gasteiger partial charge in [0.1, 0.15) is 5.58 Å². The van der Waals surface area contributed by atoms with Gasteiger partial charge in [-0.3, -0.25) is 4.79 Å². The number of ether oxygens (including phenoxy) is 1. The number of carbonyl (C=O) groups excluding carboxylic acids is 1. The van der Waals surface area contributed by atoms with Gasteiger partial charge in [0.25, 0.3) is 0 Å². The third-order valence-electron chi connectivity index (χ3n) is 4.24. The zero-order valence-corrected chi connectivity index (χ0v) is 14.6. The Kier molecular flexibility index (Phi) is 4.30. The third-order valence-corrected chi connectivity index (χ3v) is 4.24. The molecule has 0 aliphatic heterocycles. The van der Waals surface area contributed by atoms with Crippen LogP contribution in [0.4, 0.5) is 0 Å². The predicted molar refractivity (Wildman–Crippen MR) is 104 cm³/mol. The monoisotopic (exact) mass is 356 g/mol. The van der Waals surface area contributed by atoms with Crippen molar-refractivity contribution in [3.8, 4) is 17.1 Å². The van der Waals surface area contributed by atoms with Gasteiger partial charge < -0.3 is 9.15 Å². The van der Waals surface area contributed by atoms with E-state index >= 15 is 0 Å². The Labute approximate surface area is 155 Å². The van der Waals surface area contributed by atoms with Gasteiger partial charge in [-0.25, -0.2) is 4.79 Å². The van der Waals surface area contributed by atoms with Crippen LogP contribution in [0.25, 0.3) is 22.3 Å². The summed E-state index contributed by atoms with van der Waals surface area (Å²) in [6.07, 6.45) is 0. The molecule has 4 nitrogen and oxygen atoms in total. The predicted octanol–water partition coefficient (Wildman–Crippen LogP) is 4.99. The van der Waals surface area contributed by atoms with Crippen molar-refractivity contribution in [1.29, 1.82) is 0 Å². The molecular weight excluding hydrogens is 340 g/mol. The first-order chi connectivity index (χ1) is 13.1. The average Bonchev–Trinajstić information content (AvgIpc) is 2.70. The summed E-state index contributed by atoms with van der Waals surface area (Å²) in [7, 11) is 0. The van der Waals surface area contributed by atoms with E-state index in [-0.39, 0.29) is 16.9 Å². The van der Waals surface area contributed by atoms with Crippen LogP contribution in [0.3, 0.4) is 0 Å². The third kappa shape index (κ3) is 3.25. The normalized spacial score (nSPS) is 10.7. The van der Waals surface area contributed by atoms with Crippen LogP contribution in [0.15, 0.2) is 88.1 Å². The van der Waals surface area contributed by atoms with Crippen molar-refractivity contribution in [2.45, 2.75) is 6.92 Å². The van der Waals surface area contributed by atoms with Crippen LogP contribution in [-0.2, 0) is 0 Å². The van der Waals surface area contributed by atoms with Gasteiger partial charge in [0.2, 0.25) is 11.2 Å². The Bertz CT molecular complexity index is 1190. The molecule has 0 aliphatic carbocycles. The summed E-state index contributed by atoms with van der Waals surface area (Å²) >= 11 is 0. The standard InChI is InChI=1S/C23H16O4/c1-15-8-7-11-17(14-15)23(25)27-22-20(24)18-12-5-6-13-19(18)26-21(22)16-9-3-2-4-10-16/h2-14H,1H3. The number of hydrogen-bond donors (Lipinski definition) is 0. The molecule has 0 spiro atoms. The van der Waals surface area contributed by atoms with E-state index in [1.54, 1.807) is 54.6 Å². The molecule has 0 amide bonds. The molecule has 132 valence electrons. The van der Waals surface area contributed by atoms with Crippen molar-refractivity contribution < 1.29 is 13.9 Å². The van der Waals surface area contributed by atoms with Crippen molar-refractivity contribution >= 4 is 16.9 Å². The largest absolute Gasteiger partial charge is 0.452 e. The van der Waals surface area contributed by atoms with Gasteiger partial charge in [0.05, 0.1) is 10.9 Å². The molecule has 0 fully saturated rings. The maximum Gasteiger partial charge on any atom is 0.343 e. The van der Waals surface area contributed by atoms with Gasteiger partial charge in [-0.2, -0.15) is 0 Å². The molecule has 4 aromatic rings. The minimum absolute atomic E-state index is 0.105. The maximum absolute atomic E-state index is 13.0. The number of rotatable bonds is 3. The molecule has 0 bridgehead atoms. The smallest absolute Gasteiger partial charge is 0.343 e. The minimum Gasteiger partial charge on any atom is -0.452 e. The molecule has 0 atom stereocenters. The van der Waals surface area contributed by atoms with Crippen molar-refractivity contribution in [2.24, 2.45) is 0 Å². The van der Waals surface area contributed by atoms with Gasteiger partial charge in [0.15, 0.2) is 5.76 Å². The number of carbonyl (C=O) groups is 1. The van der Waals surface area contributed by atoms with Gasteiger partial charge in [-0.1, -0.05) is 60.2 Å². The molecular formula is C23H16O4. The number of esters is 1. The Morgan fingerprint density at radius 1 is 0.889 bits per heavy atom. The molecule has 27 heavy (non-hydrogen) atoms. The van der Waals surface area contributed by atoms with Gasteiger partial charge >= 0.3 is 5.97 Å². The van der Waals surface area contributed by atoms with Crippen LogP contribution in [0.2, 0.25) is 0 Å². The second-order valence-electron chi connectivity index (χ2n) is 6.21. The van der Waals surface area contributed by atoms with E-state index in [0.29, 0.717) is 22.1 Å². The lowest BCUT2D eigenvalue weighted by molar-refractivity contribution is 0.0731. The van der Waals surface area contributed by atoms with Gasteiger partial charge in [0, 0.05) is 5.56 Å². The van der Waals surface area contributed by atoms with Crippen LogP contribution in [0, 0.1) is 6.92 Å². The minimum atomic E-state index is -0.599. The van der Waals surface area contributed by atoms with Crippen molar-refractivity contribution in [3.05, 3.63) is 100 Å². The maximum atomic E-state index is 13.0. The highest BCUT2D eigenvalue weighted by Gasteiger charge is 2.21. The topological polar surface area (TPSA) is 56.5 Å². The zero-order valence-electron chi connectivity index (χ0n) is 14.6. The number of fused-ring (bicyclic) bond motifs is 1. The molecule has 4 heteroatoms. The van der Waals surface area contributed by atoms with E-state index < -0.39 is 5.97 Å². The zero-order chi connectivity index (χ0) is 18.8. The molecule has 0 radical (unpaired) electrons. The van der Waals surface area contributed by atoms with E-state index in [2.05, 4.69) is 0 Å².